The van der Waals surface area contributed by atoms with Gasteiger partial charge in [0, 0.05) is 48.0 Å². The molecule has 0 unspecified atom stereocenters. The Morgan fingerprint density at radius 1 is 1.38 bits per heavy atom. The van der Waals surface area contributed by atoms with E-state index >= 15 is 0 Å². The minimum absolute atomic E-state index is 0.0417. The first-order chi connectivity index (χ1) is 12.7. The Labute approximate surface area is 160 Å². The fraction of sp³-hybridized carbons (Fsp3) is 0.368. The Morgan fingerprint density at radius 2 is 2.23 bits per heavy atom. The van der Waals surface area contributed by atoms with Gasteiger partial charge in [-0.05, 0) is 18.4 Å². The number of nitrogens with one attached hydrogen (secondary N) is 1. The molecule has 1 saturated heterocycles. The number of thiophene rings is 1. The number of aryl methyl sites for hydroxylation is 1. The summed E-state index contributed by atoms with van der Waals surface area (Å²) in [7, 11) is 1.68. The van der Waals surface area contributed by atoms with E-state index in [4.69, 9.17) is 4.74 Å². The summed E-state index contributed by atoms with van der Waals surface area (Å²) in [5.41, 5.74) is 1.02. The highest BCUT2D eigenvalue weighted by atomic mass is 32.1. The molecule has 26 heavy (non-hydrogen) atoms. The fourth-order valence-electron chi connectivity index (χ4n) is 3.39. The number of amides is 1. The van der Waals surface area contributed by atoms with Crippen LogP contribution in [0.4, 0.5) is 0 Å². The summed E-state index contributed by atoms with van der Waals surface area (Å²) in [4.78, 5) is 21.2. The zero-order valence-corrected chi connectivity index (χ0v) is 16.5. The largest absolute Gasteiger partial charge is 0.371 e. The average molecular weight is 388 g/mol. The SMILES string of the molecule is CNC(=O)c1sc2ccccc2c1[C@@H]1CN(Cc2cnc(C)s2)CCO1. The molecule has 4 rings (SSSR count). The van der Waals surface area contributed by atoms with Crippen LogP contribution in [0.1, 0.15) is 31.2 Å². The lowest BCUT2D eigenvalue weighted by atomic mass is 10.0. The average Bonchev–Trinajstić information content (AvgIpc) is 3.24. The molecule has 1 fully saturated rings. The van der Waals surface area contributed by atoms with Gasteiger partial charge in [-0.2, -0.15) is 0 Å². The molecule has 1 aromatic carbocycles. The van der Waals surface area contributed by atoms with Crippen LogP contribution in [-0.4, -0.2) is 42.5 Å². The molecule has 5 nitrogen and oxygen atoms in total. The van der Waals surface area contributed by atoms with E-state index in [2.05, 4.69) is 27.3 Å². The molecule has 0 aliphatic carbocycles. The minimum atomic E-state index is -0.0961. The lowest BCUT2D eigenvalue weighted by Gasteiger charge is -2.33. The van der Waals surface area contributed by atoms with Crippen LogP contribution in [0.2, 0.25) is 0 Å². The molecular formula is C19H21N3O2S2. The van der Waals surface area contributed by atoms with Crippen LogP contribution in [0.25, 0.3) is 10.1 Å². The second kappa shape index (κ2) is 7.44. The monoisotopic (exact) mass is 387 g/mol. The summed E-state index contributed by atoms with van der Waals surface area (Å²) >= 11 is 3.28. The van der Waals surface area contributed by atoms with Crippen molar-refractivity contribution in [3.05, 3.63) is 50.8 Å². The van der Waals surface area contributed by atoms with E-state index in [9.17, 15) is 4.79 Å². The van der Waals surface area contributed by atoms with Crippen molar-refractivity contribution in [2.75, 3.05) is 26.7 Å². The Kier molecular flexibility index (Phi) is 5.04. The molecule has 3 heterocycles. The van der Waals surface area contributed by atoms with Gasteiger partial charge in [-0.15, -0.1) is 22.7 Å². The number of carbonyl (C=O) groups excluding carboxylic acids is 1. The van der Waals surface area contributed by atoms with E-state index in [1.54, 1.807) is 29.7 Å². The zero-order chi connectivity index (χ0) is 18.1. The number of hydrogen-bond donors (Lipinski definition) is 1. The zero-order valence-electron chi connectivity index (χ0n) is 14.8. The number of rotatable bonds is 4. The molecule has 7 heteroatoms. The van der Waals surface area contributed by atoms with Crippen LogP contribution in [0, 0.1) is 6.92 Å². The van der Waals surface area contributed by atoms with E-state index in [-0.39, 0.29) is 12.0 Å². The Hall–Kier alpha value is -1.80. The van der Waals surface area contributed by atoms with Crippen LogP contribution < -0.4 is 5.32 Å². The number of carbonyl (C=O) groups is 1. The Bertz CT molecular complexity index is 934. The van der Waals surface area contributed by atoms with Crippen molar-refractivity contribution in [3.63, 3.8) is 0 Å². The van der Waals surface area contributed by atoms with Crippen molar-refractivity contribution in [2.45, 2.75) is 19.6 Å². The molecule has 1 atom stereocenters. The molecule has 0 radical (unpaired) electrons. The van der Waals surface area contributed by atoms with Crippen molar-refractivity contribution in [3.8, 4) is 0 Å². The molecule has 0 bridgehead atoms. The maximum Gasteiger partial charge on any atom is 0.261 e. The van der Waals surface area contributed by atoms with Gasteiger partial charge in [0.1, 0.15) is 0 Å². The van der Waals surface area contributed by atoms with Gasteiger partial charge in [-0.3, -0.25) is 9.69 Å². The van der Waals surface area contributed by atoms with Crippen molar-refractivity contribution in [1.29, 1.82) is 0 Å². The highest BCUT2D eigenvalue weighted by Gasteiger charge is 2.29. The van der Waals surface area contributed by atoms with E-state index in [1.165, 1.54) is 4.88 Å². The van der Waals surface area contributed by atoms with Crippen molar-refractivity contribution in [1.82, 2.24) is 15.2 Å². The summed E-state index contributed by atoms with van der Waals surface area (Å²) in [6, 6.07) is 8.18. The smallest absolute Gasteiger partial charge is 0.261 e. The van der Waals surface area contributed by atoms with Crippen LogP contribution in [-0.2, 0) is 11.3 Å². The highest BCUT2D eigenvalue weighted by Crippen LogP contribution is 2.38. The Morgan fingerprint density at radius 3 is 3.00 bits per heavy atom. The molecule has 0 saturated carbocycles. The number of nitrogens with zero attached hydrogens (tertiary/aromatic N) is 2. The number of fused-ring (bicyclic) bond motifs is 1. The van der Waals surface area contributed by atoms with Gasteiger partial charge in [0.25, 0.3) is 5.91 Å². The molecule has 1 amide bonds. The lowest BCUT2D eigenvalue weighted by molar-refractivity contribution is -0.0320. The molecular weight excluding hydrogens is 366 g/mol. The van der Waals surface area contributed by atoms with Gasteiger partial charge in [-0.1, -0.05) is 18.2 Å². The molecule has 3 aromatic rings. The van der Waals surface area contributed by atoms with E-state index in [1.807, 2.05) is 25.3 Å². The number of benzene rings is 1. The van der Waals surface area contributed by atoms with E-state index < -0.39 is 0 Å². The van der Waals surface area contributed by atoms with Crippen molar-refractivity contribution >= 4 is 38.7 Å². The lowest BCUT2D eigenvalue weighted by Crippen LogP contribution is -2.38. The standard InChI is InChI=1S/C19H21N3O2S2/c1-12-21-9-13(25-12)10-22-7-8-24-15(11-22)17-14-5-3-4-6-16(14)26-18(17)19(23)20-2/h3-6,9,15H,7-8,10-11H2,1-2H3,(H,20,23)/t15-/m0/s1. The van der Waals surface area contributed by atoms with Gasteiger partial charge in [-0.25, -0.2) is 4.98 Å². The highest BCUT2D eigenvalue weighted by molar-refractivity contribution is 7.21. The quantitative estimate of drug-likeness (QED) is 0.743. The number of morpholine rings is 1. The summed E-state index contributed by atoms with van der Waals surface area (Å²) in [6.07, 6.45) is 1.86. The number of aromatic nitrogens is 1. The maximum absolute atomic E-state index is 12.4. The van der Waals surface area contributed by atoms with E-state index in [0.29, 0.717) is 6.61 Å². The summed E-state index contributed by atoms with van der Waals surface area (Å²) < 4.78 is 7.24. The molecule has 1 aliphatic rings. The number of ether oxygens (including phenoxy) is 1. The first-order valence-corrected chi connectivity index (χ1v) is 10.3. The summed E-state index contributed by atoms with van der Waals surface area (Å²) in [6.45, 7) is 5.25. The third-order valence-electron chi connectivity index (χ3n) is 4.59. The Balaban J connectivity index is 1.64. The van der Waals surface area contributed by atoms with Gasteiger partial charge < -0.3 is 10.1 Å². The third-order valence-corrected chi connectivity index (χ3v) is 6.67. The van der Waals surface area contributed by atoms with Crippen LogP contribution in [0.3, 0.4) is 0 Å². The number of thiazole rings is 1. The van der Waals surface area contributed by atoms with Crippen LogP contribution in [0.15, 0.2) is 30.5 Å². The van der Waals surface area contributed by atoms with Crippen LogP contribution >= 0.6 is 22.7 Å². The predicted molar refractivity (Wildman–Crippen MR) is 106 cm³/mol. The fourth-order valence-corrected chi connectivity index (χ4v) is 5.42. The predicted octanol–water partition coefficient (Wildman–Crippen LogP) is 3.60. The molecule has 2 aromatic heterocycles. The second-order valence-electron chi connectivity index (χ2n) is 6.36. The molecule has 1 aliphatic heterocycles. The first-order valence-electron chi connectivity index (χ1n) is 8.64. The summed E-state index contributed by atoms with van der Waals surface area (Å²) in [5, 5.41) is 4.99. The molecule has 1 N–H and O–H groups in total. The maximum atomic E-state index is 12.4. The first kappa shape index (κ1) is 17.6. The van der Waals surface area contributed by atoms with Gasteiger partial charge in [0.15, 0.2) is 0 Å². The molecule has 136 valence electrons. The molecule has 0 spiro atoms. The number of hydrogen-bond acceptors (Lipinski definition) is 6. The van der Waals surface area contributed by atoms with Gasteiger partial charge in [0.05, 0.1) is 22.6 Å². The topological polar surface area (TPSA) is 54.5 Å². The second-order valence-corrected chi connectivity index (χ2v) is 8.73. The summed E-state index contributed by atoms with van der Waals surface area (Å²) in [5.74, 6) is -0.0417. The normalized spacial score (nSPS) is 18.3. The van der Waals surface area contributed by atoms with Gasteiger partial charge in [0.2, 0.25) is 0 Å². The van der Waals surface area contributed by atoms with E-state index in [0.717, 1.165) is 45.2 Å². The van der Waals surface area contributed by atoms with Gasteiger partial charge >= 0.3 is 0 Å². The van der Waals surface area contributed by atoms with Crippen LogP contribution in [0.5, 0.6) is 0 Å². The minimum Gasteiger partial charge on any atom is -0.371 e. The van der Waals surface area contributed by atoms with Crippen molar-refractivity contribution < 1.29 is 9.53 Å². The van der Waals surface area contributed by atoms with Crippen molar-refractivity contribution in [2.24, 2.45) is 0 Å². The third kappa shape index (κ3) is 3.40.